The molecule has 0 aliphatic rings. The smallest absolute Gasteiger partial charge is 0.0963 e. The van der Waals surface area contributed by atoms with Crippen LogP contribution in [-0.4, -0.2) is 9.55 Å². The molecule has 27 heavy (non-hydrogen) atoms. The molecule has 2 heteroatoms. The third kappa shape index (κ3) is 5.43. The first-order valence-electron chi connectivity index (χ1n) is 10.2. The molecule has 2 aromatic carbocycles. The van der Waals surface area contributed by atoms with E-state index in [4.69, 9.17) is 4.98 Å². The van der Waals surface area contributed by atoms with Crippen LogP contribution in [0, 0.1) is 0 Å². The van der Waals surface area contributed by atoms with Crippen LogP contribution in [0.1, 0.15) is 44.9 Å². The van der Waals surface area contributed by atoms with E-state index in [-0.39, 0.29) is 0 Å². The Morgan fingerprint density at radius 2 is 1.33 bits per heavy atom. The second-order valence-electron chi connectivity index (χ2n) is 7.07. The van der Waals surface area contributed by atoms with Crippen molar-refractivity contribution in [3.63, 3.8) is 0 Å². The van der Waals surface area contributed by atoms with Crippen molar-refractivity contribution in [2.45, 2.75) is 51.5 Å². The highest BCUT2D eigenvalue weighted by atomic mass is 15.1. The monoisotopic (exact) mass is 358 g/mol. The van der Waals surface area contributed by atoms with Crippen molar-refractivity contribution in [2.24, 2.45) is 0 Å². The van der Waals surface area contributed by atoms with Gasteiger partial charge in [0.1, 0.15) is 0 Å². The normalized spacial score (nSPS) is 10.8. The van der Waals surface area contributed by atoms with Gasteiger partial charge in [-0.1, -0.05) is 92.4 Å². The van der Waals surface area contributed by atoms with Gasteiger partial charge in [0.2, 0.25) is 0 Å². The van der Waals surface area contributed by atoms with Gasteiger partial charge in [-0.15, -0.1) is 6.58 Å². The molecule has 3 aromatic rings. The number of allylic oxidation sites excluding steroid dienone is 1. The number of rotatable bonds is 11. The first kappa shape index (κ1) is 19.2. The van der Waals surface area contributed by atoms with Crippen LogP contribution >= 0.6 is 0 Å². The molecule has 0 saturated heterocycles. The summed E-state index contributed by atoms with van der Waals surface area (Å²) in [5, 5.41) is 0. The van der Waals surface area contributed by atoms with Crippen LogP contribution in [0.15, 0.2) is 79.6 Å². The third-order valence-electron chi connectivity index (χ3n) is 4.99. The zero-order valence-electron chi connectivity index (χ0n) is 16.2. The Hall–Kier alpha value is -2.61. The summed E-state index contributed by atoms with van der Waals surface area (Å²) >= 11 is 0. The molecule has 0 spiro atoms. The number of aromatic nitrogens is 2. The number of nitrogens with zero attached hydrogens (tertiary/aromatic N) is 2. The maximum absolute atomic E-state index is 4.77. The van der Waals surface area contributed by atoms with Crippen LogP contribution in [0.25, 0.3) is 22.5 Å². The van der Waals surface area contributed by atoms with Gasteiger partial charge < -0.3 is 4.57 Å². The lowest BCUT2D eigenvalue weighted by molar-refractivity contribution is 0.555. The summed E-state index contributed by atoms with van der Waals surface area (Å²) in [5.41, 5.74) is 4.72. The van der Waals surface area contributed by atoms with E-state index in [9.17, 15) is 0 Å². The molecular formula is C25H30N2. The fourth-order valence-electron chi connectivity index (χ4n) is 3.54. The number of hydrogen-bond acceptors (Lipinski definition) is 1. The van der Waals surface area contributed by atoms with Crippen LogP contribution in [0.5, 0.6) is 0 Å². The van der Waals surface area contributed by atoms with Gasteiger partial charge >= 0.3 is 0 Å². The molecule has 0 amide bonds. The first-order chi connectivity index (χ1) is 13.4. The number of imidazole rings is 1. The third-order valence-corrected chi connectivity index (χ3v) is 4.99. The first-order valence-corrected chi connectivity index (χ1v) is 10.2. The average molecular weight is 359 g/mol. The molecule has 1 aromatic heterocycles. The van der Waals surface area contributed by atoms with E-state index >= 15 is 0 Å². The van der Waals surface area contributed by atoms with E-state index < -0.39 is 0 Å². The molecule has 2 nitrogen and oxygen atoms in total. The summed E-state index contributed by atoms with van der Waals surface area (Å²) in [7, 11) is 0. The van der Waals surface area contributed by atoms with Crippen molar-refractivity contribution >= 4 is 0 Å². The topological polar surface area (TPSA) is 17.8 Å². The van der Waals surface area contributed by atoms with Crippen LogP contribution in [0.3, 0.4) is 0 Å². The van der Waals surface area contributed by atoms with Crippen molar-refractivity contribution in [2.75, 3.05) is 0 Å². The standard InChI is InChI=1S/C25H30N2/c1-2-3-4-5-6-7-8-15-20-27-21-26-24(22-16-11-9-12-17-22)25(27)23-18-13-10-14-19-23/h2,9-14,16-19,21H,1,3-8,15,20H2. The van der Waals surface area contributed by atoms with Gasteiger partial charge in [0.15, 0.2) is 0 Å². The molecule has 0 radical (unpaired) electrons. The van der Waals surface area contributed by atoms with Gasteiger partial charge in [-0.2, -0.15) is 0 Å². The Morgan fingerprint density at radius 3 is 2.00 bits per heavy atom. The lowest BCUT2D eigenvalue weighted by Crippen LogP contribution is -1.99. The minimum Gasteiger partial charge on any atom is -0.330 e. The molecule has 0 saturated carbocycles. The van der Waals surface area contributed by atoms with Crippen molar-refractivity contribution in [3.05, 3.63) is 79.6 Å². The molecule has 3 rings (SSSR count). The van der Waals surface area contributed by atoms with Gasteiger partial charge in [0.05, 0.1) is 17.7 Å². The largest absolute Gasteiger partial charge is 0.330 e. The van der Waals surface area contributed by atoms with Crippen LogP contribution in [0.2, 0.25) is 0 Å². The van der Waals surface area contributed by atoms with E-state index in [2.05, 4.69) is 71.8 Å². The molecule has 140 valence electrons. The van der Waals surface area contributed by atoms with Crippen molar-refractivity contribution in [1.29, 1.82) is 0 Å². The van der Waals surface area contributed by atoms with E-state index in [1.54, 1.807) is 0 Å². The molecule has 0 fully saturated rings. The van der Waals surface area contributed by atoms with E-state index in [0.29, 0.717) is 0 Å². The quantitative estimate of drug-likeness (QED) is 0.263. The summed E-state index contributed by atoms with van der Waals surface area (Å²) in [6.45, 7) is 4.81. The lowest BCUT2D eigenvalue weighted by Gasteiger charge is -2.11. The zero-order valence-corrected chi connectivity index (χ0v) is 16.2. The van der Waals surface area contributed by atoms with E-state index in [0.717, 1.165) is 18.7 Å². The van der Waals surface area contributed by atoms with E-state index in [1.165, 1.54) is 55.3 Å². The van der Waals surface area contributed by atoms with Crippen molar-refractivity contribution < 1.29 is 0 Å². The van der Waals surface area contributed by atoms with Crippen molar-refractivity contribution in [3.8, 4) is 22.5 Å². The molecule has 0 aliphatic heterocycles. The SMILES string of the molecule is C=CCCCCCCCCn1cnc(-c2ccccc2)c1-c1ccccc1. The Morgan fingerprint density at radius 1 is 0.741 bits per heavy atom. The Labute approximate surface area is 163 Å². The van der Waals surface area contributed by atoms with Crippen LogP contribution < -0.4 is 0 Å². The molecular weight excluding hydrogens is 328 g/mol. The summed E-state index contributed by atoms with van der Waals surface area (Å²) in [6.07, 6.45) is 12.9. The summed E-state index contributed by atoms with van der Waals surface area (Å²) in [4.78, 5) is 4.77. The fourth-order valence-corrected chi connectivity index (χ4v) is 3.54. The molecule has 0 N–H and O–H groups in total. The zero-order chi connectivity index (χ0) is 18.7. The van der Waals surface area contributed by atoms with Gasteiger partial charge in [0.25, 0.3) is 0 Å². The molecule has 0 bridgehead atoms. The second kappa shape index (κ2) is 10.5. The summed E-state index contributed by atoms with van der Waals surface area (Å²) in [5.74, 6) is 0. The number of benzene rings is 2. The fraction of sp³-hybridized carbons (Fsp3) is 0.320. The van der Waals surface area contributed by atoms with Gasteiger partial charge in [-0.05, 0) is 19.3 Å². The number of unbranched alkanes of at least 4 members (excludes halogenated alkanes) is 6. The van der Waals surface area contributed by atoms with E-state index in [1.807, 2.05) is 12.4 Å². The molecule has 0 atom stereocenters. The Kier molecular flexibility index (Phi) is 7.46. The highest BCUT2D eigenvalue weighted by Crippen LogP contribution is 2.31. The average Bonchev–Trinajstić information content (AvgIpc) is 3.15. The van der Waals surface area contributed by atoms with Gasteiger partial charge in [-0.3, -0.25) is 0 Å². The Balaban J connectivity index is 1.67. The number of aryl methyl sites for hydroxylation is 1. The van der Waals surface area contributed by atoms with Crippen LogP contribution in [-0.2, 0) is 6.54 Å². The highest BCUT2D eigenvalue weighted by molar-refractivity contribution is 5.78. The van der Waals surface area contributed by atoms with Crippen molar-refractivity contribution in [1.82, 2.24) is 9.55 Å². The Bertz CT molecular complexity index is 803. The lowest BCUT2D eigenvalue weighted by atomic mass is 10.0. The summed E-state index contributed by atoms with van der Waals surface area (Å²) < 4.78 is 2.33. The minimum absolute atomic E-state index is 1.02. The van der Waals surface area contributed by atoms with Gasteiger partial charge in [-0.25, -0.2) is 4.98 Å². The van der Waals surface area contributed by atoms with Gasteiger partial charge in [0, 0.05) is 17.7 Å². The molecule has 1 heterocycles. The predicted octanol–water partition coefficient (Wildman–Crippen LogP) is 7.13. The minimum atomic E-state index is 1.02. The molecule has 0 unspecified atom stereocenters. The maximum Gasteiger partial charge on any atom is 0.0963 e. The highest BCUT2D eigenvalue weighted by Gasteiger charge is 2.14. The summed E-state index contributed by atoms with van der Waals surface area (Å²) in [6, 6.07) is 21.1. The second-order valence-corrected chi connectivity index (χ2v) is 7.07. The number of hydrogen-bond donors (Lipinski definition) is 0. The maximum atomic E-state index is 4.77. The predicted molar refractivity (Wildman–Crippen MR) is 116 cm³/mol. The molecule has 0 aliphatic carbocycles. The van der Waals surface area contributed by atoms with Crippen LogP contribution in [0.4, 0.5) is 0 Å².